The number of rotatable bonds is 5. The Morgan fingerprint density at radius 3 is 3.00 bits per heavy atom. The second-order valence-electron chi connectivity index (χ2n) is 5.05. The summed E-state index contributed by atoms with van der Waals surface area (Å²) in [5.41, 5.74) is 7.52. The molecular weight excluding hydrogens is 272 g/mol. The first-order chi connectivity index (χ1) is 9.99. The van der Waals surface area contributed by atoms with E-state index in [0.29, 0.717) is 24.5 Å². The second kappa shape index (κ2) is 6.58. The Morgan fingerprint density at radius 2 is 2.29 bits per heavy atom. The van der Waals surface area contributed by atoms with Crippen molar-refractivity contribution in [3.05, 3.63) is 23.8 Å². The topological polar surface area (TPSA) is 90.6 Å². The zero-order valence-corrected chi connectivity index (χ0v) is 12.2. The first kappa shape index (κ1) is 15.3. The van der Waals surface area contributed by atoms with E-state index in [9.17, 15) is 9.59 Å². The van der Waals surface area contributed by atoms with Crippen molar-refractivity contribution < 1.29 is 19.1 Å². The monoisotopic (exact) mass is 292 g/mol. The molecule has 21 heavy (non-hydrogen) atoms. The molecule has 3 N–H and O–H groups in total. The van der Waals surface area contributed by atoms with Gasteiger partial charge in [0, 0.05) is 6.04 Å². The van der Waals surface area contributed by atoms with E-state index in [0.717, 1.165) is 5.56 Å². The molecule has 1 aromatic carbocycles. The molecule has 2 rings (SSSR count). The lowest BCUT2D eigenvalue weighted by Crippen LogP contribution is -2.34. The van der Waals surface area contributed by atoms with E-state index in [1.807, 2.05) is 12.1 Å². The molecule has 0 spiro atoms. The Labute approximate surface area is 123 Å². The Kier molecular flexibility index (Phi) is 4.80. The number of carbonyl (C=O) groups is 2. The van der Waals surface area contributed by atoms with E-state index in [1.165, 1.54) is 0 Å². The van der Waals surface area contributed by atoms with Crippen molar-refractivity contribution in [2.45, 2.75) is 38.8 Å². The number of hydrogen-bond donors (Lipinski definition) is 2. The highest BCUT2D eigenvalue weighted by Gasteiger charge is 2.23. The molecule has 0 saturated carbocycles. The maximum atomic E-state index is 11.6. The summed E-state index contributed by atoms with van der Waals surface area (Å²) >= 11 is 0. The van der Waals surface area contributed by atoms with Gasteiger partial charge in [0.1, 0.15) is 5.75 Å². The van der Waals surface area contributed by atoms with Crippen molar-refractivity contribution in [1.82, 2.24) is 0 Å². The van der Waals surface area contributed by atoms with Crippen LogP contribution in [0.3, 0.4) is 0 Å². The number of fused-ring (bicyclic) bond motifs is 1. The van der Waals surface area contributed by atoms with Crippen LogP contribution in [0.5, 0.6) is 5.75 Å². The standard InChI is InChI=1S/C15H20N2O4/c1-3-20-14(18)8-11(16)6-10-4-5-13-12(7-10)17-15(19)9(2)21-13/h4-5,7,9,11H,3,6,8,16H2,1-2H3,(H,17,19). The molecule has 0 bridgehead atoms. The number of amides is 1. The summed E-state index contributed by atoms with van der Waals surface area (Å²) in [7, 11) is 0. The van der Waals surface area contributed by atoms with Gasteiger partial charge in [-0.1, -0.05) is 6.07 Å². The normalized spacial score (nSPS) is 18.2. The average Bonchev–Trinajstić information content (AvgIpc) is 2.40. The van der Waals surface area contributed by atoms with Crippen molar-refractivity contribution in [1.29, 1.82) is 0 Å². The maximum Gasteiger partial charge on any atom is 0.307 e. The van der Waals surface area contributed by atoms with E-state index in [2.05, 4.69) is 5.32 Å². The van der Waals surface area contributed by atoms with Crippen LogP contribution >= 0.6 is 0 Å². The van der Waals surface area contributed by atoms with Gasteiger partial charge in [-0.2, -0.15) is 0 Å². The molecule has 0 fully saturated rings. The molecule has 6 nitrogen and oxygen atoms in total. The highest BCUT2D eigenvalue weighted by atomic mass is 16.5. The lowest BCUT2D eigenvalue weighted by molar-refractivity contribution is -0.143. The number of carbonyl (C=O) groups excluding carboxylic acids is 2. The summed E-state index contributed by atoms with van der Waals surface area (Å²) in [6.07, 6.45) is 0.205. The van der Waals surface area contributed by atoms with Gasteiger partial charge in [0.15, 0.2) is 6.10 Å². The van der Waals surface area contributed by atoms with Crippen molar-refractivity contribution in [3.8, 4) is 5.75 Å². The minimum absolute atomic E-state index is 0.171. The smallest absolute Gasteiger partial charge is 0.307 e. The van der Waals surface area contributed by atoms with Gasteiger partial charge in [-0.3, -0.25) is 9.59 Å². The molecule has 0 radical (unpaired) electrons. The van der Waals surface area contributed by atoms with E-state index in [1.54, 1.807) is 19.9 Å². The summed E-state index contributed by atoms with van der Waals surface area (Å²) in [6.45, 7) is 3.81. The Hall–Kier alpha value is -2.08. The Morgan fingerprint density at radius 1 is 1.52 bits per heavy atom. The van der Waals surface area contributed by atoms with Gasteiger partial charge in [0.25, 0.3) is 5.91 Å². The van der Waals surface area contributed by atoms with Crippen molar-refractivity contribution in [2.75, 3.05) is 11.9 Å². The number of ether oxygens (including phenoxy) is 2. The van der Waals surface area contributed by atoms with Crippen LogP contribution in [0.1, 0.15) is 25.8 Å². The van der Waals surface area contributed by atoms with E-state index >= 15 is 0 Å². The third kappa shape index (κ3) is 3.95. The zero-order chi connectivity index (χ0) is 15.4. The van der Waals surface area contributed by atoms with Gasteiger partial charge >= 0.3 is 5.97 Å². The molecule has 2 unspecified atom stereocenters. The highest BCUT2D eigenvalue weighted by Crippen LogP contribution is 2.30. The van der Waals surface area contributed by atoms with Gasteiger partial charge in [-0.05, 0) is 38.0 Å². The molecule has 2 atom stereocenters. The van der Waals surface area contributed by atoms with Crippen molar-refractivity contribution in [3.63, 3.8) is 0 Å². The maximum absolute atomic E-state index is 11.6. The summed E-state index contributed by atoms with van der Waals surface area (Å²) < 4.78 is 10.4. The molecule has 1 amide bonds. The average molecular weight is 292 g/mol. The van der Waals surface area contributed by atoms with E-state index in [4.69, 9.17) is 15.2 Å². The summed E-state index contributed by atoms with van der Waals surface area (Å²) in [5, 5.41) is 2.79. The quantitative estimate of drug-likeness (QED) is 0.797. The highest BCUT2D eigenvalue weighted by molar-refractivity contribution is 5.97. The molecule has 1 aliphatic rings. The SMILES string of the molecule is CCOC(=O)CC(N)Cc1ccc2c(c1)NC(=O)C(C)O2. The third-order valence-corrected chi connectivity index (χ3v) is 3.21. The van der Waals surface area contributed by atoms with Crippen LogP contribution in [-0.4, -0.2) is 30.6 Å². The molecule has 1 heterocycles. The minimum Gasteiger partial charge on any atom is -0.479 e. The van der Waals surface area contributed by atoms with Gasteiger partial charge in [0.2, 0.25) is 0 Å². The second-order valence-corrected chi connectivity index (χ2v) is 5.05. The summed E-state index contributed by atoms with van der Waals surface area (Å²) in [6, 6.07) is 5.19. The largest absolute Gasteiger partial charge is 0.479 e. The third-order valence-electron chi connectivity index (χ3n) is 3.21. The molecule has 0 aromatic heterocycles. The molecule has 114 valence electrons. The van der Waals surface area contributed by atoms with Crippen LogP contribution < -0.4 is 15.8 Å². The Bertz CT molecular complexity index is 544. The number of anilines is 1. The first-order valence-electron chi connectivity index (χ1n) is 7.01. The van der Waals surface area contributed by atoms with Crippen LogP contribution in [-0.2, 0) is 20.7 Å². The lowest BCUT2D eigenvalue weighted by Gasteiger charge is -2.24. The fourth-order valence-corrected chi connectivity index (χ4v) is 2.19. The van der Waals surface area contributed by atoms with Crippen LogP contribution in [0.2, 0.25) is 0 Å². The number of hydrogen-bond acceptors (Lipinski definition) is 5. The van der Waals surface area contributed by atoms with Crippen LogP contribution in [0.15, 0.2) is 18.2 Å². The van der Waals surface area contributed by atoms with Gasteiger partial charge in [-0.15, -0.1) is 0 Å². The number of benzene rings is 1. The van der Waals surface area contributed by atoms with E-state index < -0.39 is 6.10 Å². The molecular formula is C15H20N2O4. The Balaban J connectivity index is 2.00. The van der Waals surface area contributed by atoms with Gasteiger partial charge in [-0.25, -0.2) is 0 Å². The van der Waals surface area contributed by atoms with Gasteiger partial charge < -0.3 is 20.5 Å². The predicted molar refractivity (Wildman–Crippen MR) is 78.1 cm³/mol. The molecule has 0 saturated heterocycles. The van der Waals surface area contributed by atoms with Crippen LogP contribution in [0.4, 0.5) is 5.69 Å². The van der Waals surface area contributed by atoms with Crippen molar-refractivity contribution in [2.24, 2.45) is 5.73 Å². The zero-order valence-electron chi connectivity index (χ0n) is 12.2. The summed E-state index contributed by atoms with van der Waals surface area (Å²) in [4.78, 5) is 23.0. The fraction of sp³-hybridized carbons (Fsp3) is 0.467. The predicted octanol–water partition coefficient (Wildman–Crippen LogP) is 1.23. The molecule has 6 heteroatoms. The number of nitrogens with two attached hydrogens (primary N) is 1. The van der Waals surface area contributed by atoms with Gasteiger partial charge in [0.05, 0.1) is 18.7 Å². The first-order valence-corrected chi connectivity index (χ1v) is 7.01. The van der Waals surface area contributed by atoms with Crippen molar-refractivity contribution >= 4 is 17.6 Å². The molecule has 1 aromatic rings. The number of nitrogens with one attached hydrogen (secondary N) is 1. The lowest BCUT2D eigenvalue weighted by atomic mass is 10.0. The minimum atomic E-state index is -0.491. The molecule has 0 aliphatic carbocycles. The van der Waals surface area contributed by atoms with Crippen LogP contribution in [0, 0.1) is 0 Å². The number of esters is 1. The molecule has 1 aliphatic heterocycles. The summed E-state index contributed by atoms with van der Waals surface area (Å²) in [5.74, 6) is 0.175. The van der Waals surface area contributed by atoms with Crippen LogP contribution in [0.25, 0.3) is 0 Å². The fourth-order valence-electron chi connectivity index (χ4n) is 2.19. The van der Waals surface area contributed by atoms with E-state index in [-0.39, 0.29) is 24.3 Å².